The molecule has 2 saturated heterocycles. The van der Waals surface area contributed by atoms with E-state index in [0.717, 1.165) is 57.4 Å². The second-order valence-electron chi connectivity index (χ2n) is 7.96. The summed E-state index contributed by atoms with van der Waals surface area (Å²) >= 11 is 0. The van der Waals surface area contributed by atoms with Crippen LogP contribution in [0.25, 0.3) is 5.78 Å². The Bertz CT molecular complexity index is 771. The van der Waals surface area contributed by atoms with Crippen molar-refractivity contribution in [2.75, 3.05) is 65.1 Å². The Hall–Kier alpha value is -1.77. The van der Waals surface area contributed by atoms with Gasteiger partial charge in [-0.2, -0.15) is 14.6 Å². The average Bonchev–Trinajstić information content (AvgIpc) is 3.26. The summed E-state index contributed by atoms with van der Waals surface area (Å²) in [7, 11) is 3.60. The van der Waals surface area contributed by atoms with Crippen molar-refractivity contribution >= 4 is 11.6 Å². The number of hydrogen-bond acceptors (Lipinski definition) is 7. The van der Waals surface area contributed by atoms with Gasteiger partial charge >= 0.3 is 0 Å². The van der Waals surface area contributed by atoms with Gasteiger partial charge in [-0.15, -0.1) is 0 Å². The fourth-order valence-corrected chi connectivity index (χ4v) is 4.85. The van der Waals surface area contributed by atoms with E-state index in [-0.39, 0.29) is 0 Å². The van der Waals surface area contributed by atoms with Crippen molar-refractivity contribution in [3.8, 4) is 0 Å². The SMILES string of the molecule is COCCN1C[C@@H](COC)C2(CCN(c3cc(C)nc4ncnn34)CC2)C1. The number of ether oxygens (including phenoxy) is 2. The summed E-state index contributed by atoms with van der Waals surface area (Å²) in [6.45, 7) is 8.96. The standard InChI is InChI=1S/C19H30N6O2/c1-15-10-17(25-18(22-15)20-14-21-25)24-6-4-19(5-7-24)13-23(8-9-26-2)11-16(19)12-27-3/h10,14,16H,4-9,11-13H2,1-3H3/t16-/m0/s1. The number of nitrogens with zero attached hydrogens (tertiary/aromatic N) is 6. The van der Waals surface area contributed by atoms with Crippen LogP contribution in [0.1, 0.15) is 18.5 Å². The van der Waals surface area contributed by atoms with Gasteiger partial charge in [-0.05, 0) is 25.2 Å². The summed E-state index contributed by atoms with van der Waals surface area (Å²) in [4.78, 5) is 13.7. The molecule has 2 aliphatic heterocycles. The van der Waals surface area contributed by atoms with Gasteiger partial charge in [0.25, 0.3) is 5.78 Å². The molecule has 1 atom stereocenters. The number of piperidine rings is 1. The summed E-state index contributed by atoms with van der Waals surface area (Å²) in [5.74, 6) is 2.36. The van der Waals surface area contributed by atoms with Gasteiger partial charge in [0.1, 0.15) is 12.1 Å². The highest BCUT2D eigenvalue weighted by Crippen LogP contribution is 2.45. The molecule has 0 N–H and O–H groups in total. The van der Waals surface area contributed by atoms with Crippen molar-refractivity contribution in [3.63, 3.8) is 0 Å². The van der Waals surface area contributed by atoms with E-state index in [4.69, 9.17) is 9.47 Å². The van der Waals surface area contributed by atoms with Crippen molar-refractivity contribution in [2.24, 2.45) is 11.3 Å². The molecule has 4 heterocycles. The summed E-state index contributed by atoms with van der Waals surface area (Å²) < 4.78 is 12.7. The largest absolute Gasteiger partial charge is 0.384 e. The Kier molecular flexibility index (Phi) is 5.29. The van der Waals surface area contributed by atoms with Crippen LogP contribution in [0, 0.1) is 18.3 Å². The third-order valence-corrected chi connectivity index (χ3v) is 6.31. The lowest BCUT2D eigenvalue weighted by atomic mass is 9.71. The number of hydrogen-bond donors (Lipinski definition) is 0. The summed E-state index contributed by atoms with van der Waals surface area (Å²) in [6.07, 6.45) is 3.92. The number of aromatic nitrogens is 4. The summed E-state index contributed by atoms with van der Waals surface area (Å²) in [5, 5.41) is 4.37. The van der Waals surface area contributed by atoms with Crippen LogP contribution in [0.2, 0.25) is 0 Å². The molecule has 0 radical (unpaired) electrons. The van der Waals surface area contributed by atoms with E-state index in [1.165, 1.54) is 12.8 Å². The van der Waals surface area contributed by atoms with Crippen LogP contribution in [0.3, 0.4) is 0 Å². The number of methoxy groups -OCH3 is 2. The third kappa shape index (κ3) is 3.53. The van der Waals surface area contributed by atoms with E-state index < -0.39 is 0 Å². The molecule has 2 aromatic rings. The fraction of sp³-hybridized carbons (Fsp3) is 0.737. The van der Waals surface area contributed by atoms with E-state index in [9.17, 15) is 0 Å². The van der Waals surface area contributed by atoms with E-state index in [1.54, 1.807) is 13.4 Å². The number of likely N-dealkylation sites (tertiary alicyclic amines) is 1. The van der Waals surface area contributed by atoms with Crippen molar-refractivity contribution in [1.29, 1.82) is 0 Å². The van der Waals surface area contributed by atoms with Crippen molar-refractivity contribution in [1.82, 2.24) is 24.5 Å². The zero-order chi connectivity index (χ0) is 18.9. The minimum absolute atomic E-state index is 0.337. The van der Waals surface area contributed by atoms with Gasteiger partial charge in [0.15, 0.2) is 0 Å². The lowest BCUT2D eigenvalue weighted by molar-refractivity contribution is 0.0760. The van der Waals surface area contributed by atoms with Gasteiger partial charge in [0, 0.05) is 64.6 Å². The highest BCUT2D eigenvalue weighted by molar-refractivity contribution is 5.47. The van der Waals surface area contributed by atoms with E-state index in [0.29, 0.717) is 17.1 Å². The fourth-order valence-electron chi connectivity index (χ4n) is 4.85. The Morgan fingerprint density at radius 2 is 2.04 bits per heavy atom. The maximum absolute atomic E-state index is 5.58. The van der Waals surface area contributed by atoms with Crippen LogP contribution in [0.4, 0.5) is 5.82 Å². The Balaban J connectivity index is 1.50. The number of rotatable bonds is 6. The molecule has 0 aliphatic carbocycles. The molecule has 2 fully saturated rings. The lowest BCUT2D eigenvalue weighted by Crippen LogP contribution is -2.46. The first-order valence-corrected chi connectivity index (χ1v) is 9.78. The summed E-state index contributed by atoms with van der Waals surface area (Å²) in [6, 6.07) is 2.12. The van der Waals surface area contributed by atoms with Crippen LogP contribution in [-0.2, 0) is 9.47 Å². The molecule has 1 spiro atoms. The van der Waals surface area contributed by atoms with Gasteiger partial charge in [-0.25, -0.2) is 4.98 Å². The normalized spacial score (nSPS) is 22.9. The average molecular weight is 374 g/mol. The van der Waals surface area contributed by atoms with Crippen LogP contribution < -0.4 is 4.90 Å². The smallest absolute Gasteiger partial charge is 0.254 e. The molecule has 148 valence electrons. The van der Waals surface area contributed by atoms with Gasteiger partial charge in [-0.3, -0.25) is 0 Å². The molecule has 0 aromatic carbocycles. The summed E-state index contributed by atoms with van der Waals surface area (Å²) in [5.41, 5.74) is 1.32. The minimum atomic E-state index is 0.337. The lowest BCUT2D eigenvalue weighted by Gasteiger charge is -2.43. The number of anilines is 1. The van der Waals surface area contributed by atoms with Crippen molar-refractivity contribution in [3.05, 3.63) is 18.1 Å². The van der Waals surface area contributed by atoms with Gasteiger partial charge in [-0.1, -0.05) is 0 Å². The van der Waals surface area contributed by atoms with Gasteiger partial charge in [0.05, 0.1) is 13.2 Å². The molecule has 4 rings (SSSR count). The molecule has 27 heavy (non-hydrogen) atoms. The molecule has 0 bridgehead atoms. The molecular formula is C19H30N6O2. The van der Waals surface area contributed by atoms with Gasteiger partial charge in [0.2, 0.25) is 0 Å². The van der Waals surface area contributed by atoms with Gasteiger partial charge < -0.3 is 19.3 Å². The monoisotopic (exact) mass is 374 g/mol. The van der Waals surface area contributed by atoms with Crippen molar-refractivity contribution in [2.45, 2.75) is 19.8 Å². The maximum atomic E-state index is 5.58. The second kappa shape index (κ2) is 7.69. The number of aryl methyl sites for hydroxylation is 1. The first kappa shape index (κ1) is 18.6. The van der Waals surface area contributed by atoms with Crippen LogP contribution in [0.5, 0.6) is 0 Å². The molecule has 0 saturated carbocycles. The van der Waals surface area contributed by atoms with Crippen LogP contribution in [0.15, 0.2) is 12.4 Å². The quantitative estimate of drug-likeness (QED) is 0.754. The topological polar surface area (TPSA) is 68.0 Å². The zero-order valence-corrected chi connectivity index (χ0v) is 16.6. The zero-order valence-electron chi connectivity index (χ0n) is 16.6. The first-order chi connectivity index (χ1) is 13.1. The molecule has 2 aromatic heterocycles. The number of fused-ring (bicyclic) bond motifs is 1. The maximum Gasteiger partial charge on any atom is 0.254 e. The van der Waals surface area contributed by atoms with Crippen molar-refractivity contribution < 1.29 is 9.47 Å². The third-order valence-electron chi connectivity index (χ3n) is 6.31. The molecule has 0 unspecified atom stereocenters. The van der Waals surface area contributed by atoms with E-state index >= 15 is 0 Å². The minimum Gasteiger partial charge on any atom is -0.384 e. The molecular weight excluding hydrogens is 344 g/mol. The Morgan fingerprint density at radius 3 is 2.78 bits per heavy atom. The Morgan fingerprint density at radius 1 is 1.22 bits per heavy atom. The second-order valence-corrected chi connectivity index (χ2v) is 7.96. The van der Waals surface area contributed by atoms with E-state index in [1.807, 2.05) is 18.5 Å². The van der Waals surface area contributed by atoms with E-state index in [2.05, 4.69) is 30.9 Å². The first-order valence-electron chi connectivity index (χ1n) is 9.78. The van der Waals surface area contributed by atoms with Crippen LogP contribution in [-0.4, -0.2) is 84.6 Å². The highest BCUT2D eigenvalue weighted by atomic mass is 16.5. The molecule has 8 nitrogen and oxygen atoms in total. The van der Waals surface area contributed by atoms with Crippen LogP contribution >= 0.6 is 0 Å². The molecule has 2 aliphatic rings. The Labute approximate surface area is 160 Å². The highest BCUT2D eigenvalue weighted by Gasteiger charge is 2.47. The molecule has 0 amide bonds. The molecule has 8 heteroatoms. The predicted octanol–water partition coefficient (Wildman–Crippen LogP) is 1.24. The predicted molar refractivity (Wildman–Crippen MR) is 103 cm³/mol.